The Kier molecular flexibility index (Phi) is 5.09. The summed E-state index contributed by atoms with van der Waals surface area (Å²) in [5.41, 5.74) is 0.742. The number of Topliss-reactive ketones (excluding diaryl/α,β-unsaturated/α-hetero) is 1. The molecule has 3 aromatic rings. The van der Waals surface area contributed by atoms with Gasteiger partial charge in [-0.15, -0.1) is 5.10 Å². The van der Waals surface area contributed by atoms with Gasteiger partial charge in [0.2, 0.25) is 5.78 Å². The van der Waals surface area contributed by atoms with Crippen LogP contribution in [-0.4, -0.2) is 45.0 Å². The van der Waals surface area contributed by atoms with Crippen molar-refractivity contribution in [2.75, 3.05) is 14.1 Å². The molecule has 0 aliphatic carbocycles. The second-order valence-corrected chi connectivity index (χ2v) is 6.14. The number of nitrogens with zero attached hydrogens (tertiary/aromatic N) is 5. The van der Waals surface area contributed by atoms with Crippen molar-refractivity contribution < 1.29 is 9.18 Å². The molecule has 0 saturated heterocycles. The zero-order chi connectivity index (χ0) is 18.7. The Labute approximate surface area is 154 Å². The zero-order valence-electron chi connectivity index (χ0n) is 14.1. The van der Waals surface area contributed by atoms with Gasteiger partial charge in [-0.05, 0) is 46.8 Å². The number of hydrogen-bond acceptors (Lipinski definition) is 5. The predicted molar refractivity (Wildman–Crippen MR) is 96.6 cm³/mol. The van der Waals surface area contributed by atoms with Crippen LogP contribution in [0.25, 0.3) is 11.3 Å². The van der Waals surface area contributed by atoms with Gasteiger partial charge in [0.15, 0.2) is 5.82 Å². The Morgan fingerprint density at radius 3 is 2.50 bits per heavy atom. The molecule has 1 heterocycles. The predicted octanol–water partition coefficient (Wildman–Crippen LogP) is 3.24. The van der Waals surface area contributed by atoms with Gasteiger partial charge < -0.3 is 4.90 Å². The first-order valence-corrected chi connectivity index (χ1v) is 8.07. The molecule has 0 amide bonds. The van der Waals surface area contributed by atoms with Crippen molar-refractivity contribution in [1.29, 1.82) is 0 Å². The molecule has 2 aromatic carbocycles. The number of aromatic nitrogens is 4. The fraction of sp³-hybridized carbons (Fsp3) is 0.111. The Bertz CT molecular complexity index is 966. The molecule has 132 valence electrons. The van der Waals surface area contributed by atoms with Crippen LogP contribution in [-0.2, 0) is 0 Å². The van der Waals surface area contributed by atoms with E-state index in [4.69, 9.17) is 11.6 Å². The standard InChI is InChI=1S/C18H15ClFN5O/c1-24(2)11-15(17(26)14-5-3-4-6-16(14)20)18-21-22-23-25(18)13-9-7-12(19)8-10-13/h3-11H,1-2H3/b15-11+. The van der Waals surface area contributed by atoms with Gasteiger partial charge in [0.25, 0.3) is 0 Å². The summed E-state index contributed by atoms with van der Waals surface area (Å²) in [6.07, 6.45) is 1.56. The van der Waals surface area contributed by atoms with Crippen LogP contribution in [0.1, 0.15) is 16.2 Å². The van der Waals surface area contributed by atoms with Crippen molar-refractivity contribution in [3.05, 3.63) is 77.0 Å². The molecule has 0 N–H and O–H groups in total. The van der Waals surface area contributed by atoms with Gasteiger partial charge in [-0.3, -0.25) is 4.79 Å². The fourth-order valence-corrected chi connectivity index (χ4v) is 2.50. The molecule has 0 spiro atoms. The van der Waals surface area contributed by atoms with Gasteiger partial charge in [0, 0.05) is 25.3 Å². The minimum absolute atomic E-state index is 0.0498. The van der Waals surface area contributed by atoms with Gasteiger partial charge in [-0.25, -0.2) is 4.39 Å². The molecule has 0 radical (unpaired) electrons. The normalized spacial score (nSPS) is 11.5. The highest BCUT2D eigenvalue weighted by Crippen LogP contribution is 2.22. The van der Waals surface area contributed by atoms with Crippen molar-refractivity contribution >= 4 is 23.0 Å². The van der Waals surface area contributed by atoms with E-state index in [9.17, 15) is 9.18 Å². The third-order valence-corrected chi connectivity index (χ3v) is 3.78. The average Bonchev–Trinajstić information content (AvgIpc) is 3.09. The first-order chi connectivity index (χ1) is 12.5. The highest BCUT2D eigenvalue weighted by molar-refractivity contribution is 6.30. The van der Waals surface area contributed by atoms with E-state index in [1.54, 1.807) is 55.5 Å². The molecule has 6 nitrogen and oxygen atoms in total. The monoisotopic (exact) mass is 371 g/mol. The highest BCUT2D eigenvalue weighted by atomic mass is 35.5. The third kappa shape index (κ3) is 3.62. The second-order valence-electron chi connectivity index (χ2n) is 5.71. The van der Waals surface area contributed by atoms with Crippen molar-refractivity contribution in [2.45, 2.75) is 0 Å². The Morgan fingerprint density at radius 2 is 1.85 bits per heavy atom. The van der Waals surface area contributed by atoms with Crippen molar-refractivity contribution in [3.63, 3.8) is 0 Å². The van der Waals surface area contributed by atoms with E-state index in [1.165, 1.54) is 22.9 Å². The molecular weight excluding hydrogens is 357 g/mol. The Hall–Kier alpha value is -3.06. The molecule has 0 bridgehead atoms. The molecule has 8 heteroatoms. The molecule has 0 aliphatic heterocycles. The Balaban J connectivity index is 2.11. The maximum absolute atomic E-state index is 14.1. The van der Waals surface area contributed by atoms with E-state index in [-0.39, 0.29) is 17.0 Å². The van der Waals surface area contributed by atoms with Crippen LogP contribution in [0.2, 0.25) is 5.02 Å². The zero-order valence-corrected chi connectivity index (χ0v) is 14.9. The number of ketones is 1. The molecule has 26 heavy (non-hydrogen) atoms. The molecule has 0 saturated carbocycles. The van der Waals surface area contributed by atoms with E-state index < -0.39 is 11.6 Å². The highest BCUT2D eigenvalue weighted by Gasteiger charge is 2.24. The summed E-state index contributed by atoms with van der Waals surface area (Å²) >= 11 is 5.92. The summed E-state index contributed by atoms with van der Waals surface area (Å²) in [7, 11) is 3.51. The van der Waals surface area contributed by atoms with E-state index in [0.29, 0.717) is 10.7 Å². The largest absolute Gasteiger partial charge is 0.383 e. The molecule has 0 unspecified atom stereocenters. The molecule has 0 atom stereocenters. The number of benzene rings is 2. The van der Waals surface area contributed by atoms with E-state index in [1.807, 2.05) is 0 Å². The van der Waals surface area contributed by atoms with Gasteiger partial charge in [0.05, 0.1) is 16.8 Å². The SMILES string of the molecule is CN(C)/C=C(\C(=O)c1ccccc1F)c1nnnn1-c1ccc(Cl)cc1. The molecule has 3 rings (SSSR count). The van der Waals surface area contributed by atoms with E-state index in [0.717, 1.165) is 0 Å². The van der Waals surface area contributed by atoms with Crippen LogP contribution in [0.5, 0.6) is 0 Å². The summed E-state index contributed by atoms with van der Waals surface area (Å²) < 4.78 is 15.5. The van der Waals surface area contributed by atoms with Crippen LogP contribution in [0, 0.1) is 5.82 Å². The maximum atomic E-state index is 14.1. The minimum atomic E-state index is -0.604. The molecule has 1 aromatic heterocycles. The maximum Gasteiger partial charge on any atom is 0.201 e. The number of allylic oxidation sites excluding steroid dienone is 1. The van der Waals surface area contributed by atoms with Crippen molar-refractivity contribution in [1.82, 2.24) is 25.1 Å². The fourth-order valence-electron chi connectivity index (χ4n) is 2.38. The van der Waals surface area contributed by atoms with Crippen LogP contribution in [0.3, 0.4) is 0 Å². The van der Waals surface area contributed by atoms with E-state index >= 15 is 0 Å². The number of carbonyl (C=O) groups excluding carboxylic acids is 1. The Morgan fingerprint density at radius 1 is 1.15 bits per heavy atom. The molecule has 0 fully saturated rings. The lowest BCUT2D eigenvalue weighted by molar-refractivity contribution is 0.105. The van der Waals surface area contributed by atoms with Crippen LogP contribution < -0.4 is 0 Å². The molecular formula is C18H15ClFN5O. The summed E-state index contributed by atoms with van der Waals surface area (Å²) in [5, 5.41) is 12.2. The average molecular weight is 372 g/mol. The molecule has 0 aliphatic rings. The van der Waals surface area contributed by atoms with Crippen LogP contribution in [0.15, 0.2) is 54.7 Å². The van der Waals surface area contributed by atoms with Crippen molar-refractivity contribution in [3.8, 4) is 5.69 Å². The van der Waals surface area contributed by atoms with Crippen LogP contribution in [0.4, 0.5) is 4.39 Å². The summed E-state index contributed by atoms with van der Waals surface area (Å²) in [6.45, 7) is 0. The second kappa shape index (κ2) is 7.45. The van der Waals surface area contributed by atoms with E-state index in [2.05, 4.69) is 15.5 Å². The van der Waals surface area contributed by atoms with Crippen LogP contribution >= 0.6 is 11.6 Å². The summed E-state index contributed by atoms with van der Waals surface area (Å²) in [6, 6.07) is 12.6. The number of carbonyl (C=O) groups is 1. The van der Waals surface area contributed by atoms with Crippen molar-refractivity contribution in [2.24, 2.45) is 0 Å². The number of tetrazole rings is 1. The number of rotatable bonds is 5. The number of halogens is 2. The lowest BCUT2D eigenvalue weighted by atomic mass is 10.0. The quantitative estimate of drug-likeness (QED) is 0.509. The van der Waals surface area contributed by atoms with Gasteiger partial charge in [0.1, 0.15) is 5.82 Å². The first-order valence-electron chi connectivity index (χ1n) is 7.69. The van der Waals surface area contributed by atoms with Gasteiger partial charge in [-0.2, -0.15) is 4.68 Å². The first kappa shape index (κ1) is 17.8. The summed E-state index contributed by atoms with van der Waals surface area (Å²) in [5.74, 6) is -0.913. The lowest BCUT2D eigenvalue weighted by Crippen LogP contribution is -2.14. The minimum Gasteiger partial charge on any atom is -0.383 e. The topological polar surface area (TPSA) is 63.9 Å². The lowest BCUT2D eigenvalue weighted by Gasteiger charge is -2.12. The smallest absolute Gasteiger partial charge is 0.201 e. The summed E-state index contributed by atoms with van der Waals surface area (Å²) in [4.78, 5) is 14.6. The van der Waals surface area contributed by atoms with Gasteiger partial charge >= 0.3 is 0 Å². The van der Waals surface area contributed by atoms with Gasteiger partial charge in [-0.1, -0.05) is 23.7 Å². The third-order valence-electron chi connectivity index (χ3n) is 3.53. The number of hydrogen-bond donors (Lipinski definition) is 0.